The van der Waals surface area contributed by atoms with Crippen LogP contribution in [0.25, 0.3) is 11.1 Å². The SMILES string of the molecule is Cn1nnnc1SCC(=O)Nc1ccc(C(=O)Nc2ccc(-c3ccccc3)cc2)cc1. The van der Waals surface area contributed by atoms with Gasteiger partial charge in [0.1, 0.15) is 0 Å². The molecule has 160 valence electrons. The van der Waals surface area contributed by atoms with Crippen LogP contribution in [0.5, 0.6) is 0 Å². The Kier molecular flexibility index (Phi) is 6.57. The van der Waals surface area contributed by atoms with Gasteiger partial charge in [0.25, 0.3) is 5.91 Å². The highest BCUT2D eigenvalue weighted by Gasteiger charge is 2.10. The average Bonchev–Trinajstić information content (AvgIpc) is 3.24. The Bertz CT molecular complexity index is 1210. The van der Waals surface area contributed by atoms with Crippen molar-refractivity contribution in [2.24, 2.45) is 7.05 Å². The summed E-state index contributed by atoms with van der Waals surface area (Å²) in [5, 5.41) is 17.3. The number of tetrazole rings is 1. The zero-order valence-electron chi connectivity index (χ0n) is 17.2. The first-order valence-corrected chi connectivity index (χ1v) is 10.8. The number of aromatic nitrogens is 4. The third-order valence-corrected chi connectivity index (χ3v) is 5.60. The third kappa shape index (κ3) is 5.38. The summed E-state index contributed by atoms with van der Waals surface area (Å²) in [6, 6.07) is 24.5. The zero-order valence-corrected chi connectivity index (χ0v) is 18.0. The van der Waals surface area contributed by atoms with Crippen LogP contribution in [0.15, 0.2) is 84.0 Å². The van der Waals surface area contributed by atoms with Gasteiger partial charge >= 0.3 is 0 Å². The molecule has 0 spiro atoms. The molecule has 0 unspecified atom stereocenters. The van der Waals surface area contributed by atoms with Gasteiger partial charge < -0.3 is 10.6 Å². The Morgan fingerprint density at radius 2 is 1.47 bits per heavy atom. The van der Waals surface area contributed by atoms with Crippen molar-refractivity contribution in [3.63, 3.8) is 0 Å². The molecule has 4 rings (SSSR count). The highest BCUT2D eigenvalue weighted by atomic mass is 32.2. The van der Waals surface area contributed by atoms with Crippen LogP contribution < -0.4 is 10.6 Å². The molecule has 2 N–H and O–H groups in total. The lowest BCUT2D eigenvalue weighted by atomic mass is 10.1. The quantitative estimate of drug-likeness (QED) is 0.420. The fraction of sp³-hybridized carbons (Fsp3) is 0.0870. The second kappa shape index (κ2) is 9.88. The lowest BCUT2D eigenvalue weighted by Gasteiger charge is -2.08. The van der Waals surface area contributed by atoms with Gasteiger partial charge in [0.15, 0.2) is 0 Å². The molecule has 0 radical (unpaired) electrons. The maximum Gasteiger partial charge on any atom is 0.255 e. The fourth-order valence-corrected chi connectivity index (χ4v) is 3.61. The third-order valence-electron chi connectivity index (χ3n) is 4.59. The molecule has 3 aromatic carbocycles. The fourth-order valence-electron chi connectivity index (χ4n) is 2.96. The molecule has 0 aliphatic heterocycles. The molecular weight excluding hydrogens is 424 g/mol. The lowest BCUT2D eigenvalue weighted by Crippen LogP contribution is -2.15. The number of benzene rings is 3. The van der Waals surface area contributed by atoms with Crippen molar-refractivity contribution < 1.29 is 9.59 Å². The maximum absolute atomic E-state index is 12.5. The highest BCUT2D eigenvalue weighted by molar-refractivity contribution is 7.99. The van der Waals surface area contributed by atoms with Gasteiger partial charge in [-0.2, -0.15) is 0 Å². The van der Waals surface area contributed by atoms with Crippen LogP contribution in [-0.4, -0.2) is 37.8 Å². The number of carbonyl (C=O) groups is 2. The van der Waals surface area contributed by atoms with Gasteiger partial charge in [0.05, 0.1) is 5.75 Å². The van der Waals surface area contributed by atoms with Crippen molar-refractivity contribution in [3.05, 3.63) is 84.4 Å². The van der Waals surface area contributed by atoms with Gasteiger partial charge in [-0.15, -0.1) is 5.10 Å². The molecule has 8 nitrogen and oxygen atoms in total. The van der Waals surface area contributed by atoms with E-state index in [4.69, 9.17) is 0 Å². The van der Waals surface area contributed by atoms with E-state index in [1.54, 1.807) is 31.3 Å². The minimum Gasteiger partial charge on any atom is -0.325 e. The Labute approximate surface area is 189 Å². The number of thioether (sulfide) groups is 1. The Morgan fingerprint density at radius 1 is 0.844 bits per heavy atom. The van der Waals surface area contributed by atoms with Crippen molar-refractivity contribution in [2.45, 2.75) is 5.16 Å². The summed E-state index contributed by atoms with van der Waals surface area (Å²) >= 11 is 1.24. The van der Waals surface area contributed by atoms with Crippen LogP contribution in [-0.2, 0) is 11.8 Å². The number of carbonyl (C=O) groups excluding carboxylic acids is 2. The topological polar surface area (TPSA) is 102 Å². The second-order valence-corrected chi connectivity index (χ2v) is 7.84. The van der Waals surface area contributed by atoms with Crippen molar-refractivity contribution in [1.29, 1.82) is 0 Å². The summed E-state index contributed by atoms with van der Waals surface area (Å²) in [6.07, 6.45) is 0. The first kappa shape index (κ1) is 21.3. The summed E-state index contributed by atoms with van der Waals surface area (Å²) in [4.78, 5) is 24.7. The molecule has 0 aliphatic rings. The van der Waals surface area contributed by atoms with E-state index in [0.29, 0.717) is 22.1 Å². The zero-order chi connectivity index (χ0) is 22.3. The summed E-state index contributed by atoms with van der Waals surface area (Å²) in [6.45, 7) is 0. The molecule has 9 heteroatoms. The van der Waals surface area contributed by atoms with Crippen LogP contribution in [0.4, 0.5) is 11.4 Å². The molecule has 0 fully saturated rings. The number of amides is 2. The van der Waals surface area contributed by atoms with Gasteiger partial charge in [0.2, 0.25) is 11.1 Å². The number of nitrogens with one attached hydrogen (secondary N) is 2. The molecule has 32 heavy (non-hydrogen) atoms. The number of nitrogens with zero attached hydrogens (tertiary/aromatic N) is 4. The van der Waals surface area contributed by atoms with Crippen molar-refractivity contribution >= 4 is 35.0 Å². The van der Waals surface area contributed by atoms with Crippen molar-refractivity contribution in [1.82, 2.24) is 20.2 Å². The Morgan fingerprint density at radius 3 is 2.12 bits per heavy atom. The first-order chi connectivity index (χ1) is 15.6. The summed E-state index contributed by atoms with van der Waals surface area (Å²) in [5.41, 5.74) is 4.01. The lowest BCUT2D eigenvalue weighted by molar-refractivity contribution is -0.113. The molecule has 0 saturated heterocycles. The van der Waals surface area contributed by atoms with E-state index in [0.717, 1.165) is 11.1 Å². The normalized spacial score (nSPS) is 10.5. The van der Waals surface area contributed by atoms with E-state index < -0.39 is 0 Å². The molecule has 4 aromatic rings. The predicted octanol–water partition coefficient (Wildman–Crippen LogP) is 3.86. The van der Waals surface area contributed by atoms with E-state index in [9.17, 15) is 9.59 Å². The van der Waals surface area contributed by atoms with Gasteiger partial charge in [-0.1, -0.05) is 54.2 Å². The number of hydrogen-bond donors (Lipinski definition) is 2. The van der Waals surface area contributed by atoms with E-state index in [-0.39, 0.29) is 17.6 Å². The van der Waals surface area contributed by atoms with E-state index in [1.165, 1.54) is 16.4 Å². The largest absolute Gasteiger partial charge is 0.325 e. The van der Waals surface area contributed by atoms with Crippen LogP contribution in [0.1, 0.15) is 10.4 Å². The highest BCUT2D eigenvalue weighted by Crippen LogP contribution is 2.21. The monoisotopic (exact) mass is 444 g/mol. The molecule has 0 atom stereocenters. The summed E-state index contributed by atoms with van der Waals surface area (Å²) in [5.74, 6) is -0.232. The number of hydrogen-bond acceptors (Lipinski definition) is 6. The average molecular weight is 445 g/mol. The molecule has 1 heterocycles. The van der Waals surface area contributed by atoms with Crippen LogP contribution >= 0.6 is 11.8 Å². The summed E-state index contributed by atoms with van der Waals surface area (Å²) in [7, 11) is 1.71. The summed E-state index contributed by atoms with van der Waals surface area (Å²) < 4.78 is 1.50. The van der Waals surface area contributed by atoms with Gasteiger partial charge in [-0.3, -0.25) is 9.59 Å². The Hall–Kier alpha value is -3.98. The van der Waals surface area contributed by atoms with Crippen LogP contribution in [0, 0.1) is 0 Å². The number of aryl methyl sites for hydroxylation is 1. The van der Waals surface area contributed by atoms with E-state index in [1.807, 2.05) is 54.6 Å². The second-order valence-electron chi connectivity index (χ2n) is 6.90. The van der Waals surface area contributed by atoms with Crippen LogP contribution in [0.2, 0.25) is 0 Å². The number of anilines is 2. The van der Waals surface area contributed by atoms with Gasteiger partial charge in [0, 0.05) is 24.0 Å². The smallest absolute Gasteiger partial charge is 0.255 e. The standard InChI is InChI=1S/C23H20N6O2S/c1-29-23(26-27-28-29)32-15-21(30)24-19-13-9-18(10-14-19)22(31)25-20-11-7-17(8-12-20)16-5-3-2-4-6-16/h2-14H,15H2,1H3,(H,24,30)(H,25,31). The molecule has 0 aliphatic carbocycles. The van der Waals surface area contributed by atoms with E-state index in [2.05, 4.69) is 26.2 Å². The molecule has 0 bridgehead atoms. The molecule has 1 aromatic heterocycles. The maximum atomic E-state index is 12.5. The van der Waals surface area contributed by atoms with Crippen molar-refractivity contribution in [2.75, 3.05) is 16.4 Å². The molecule has 0 saturated carbocycles. The van der Waals surface area contributed by atoms with Gasteiger partial charge in [-0.25, -0.2) is 4.68 Å². The number of rotatable bonds is 7. The molecule has 2 amide bonds. The van der Waals surface area contributed by atoms with Gasteiger partial charge in [-0.05, 0) is 58.0 Å². The minimum absolute atomic E-state index is 0.176. The first-order valence-electron chi connectivity index (χ1n) is 9.80. The predicted molar refractivity (Wildman–Crippen MR) is 124 cm³/mol. The van der Waals surface area contributed by atoms with E-state index >= 15 is 0 Å². The minimum atomic E-state index is -0.222. The van der Waals surface area contributed by atoms with Crippen molar-refractivity contribution in [3.8, 4) is 11.1 Å². The Balaban J connectivity index is 1.31. The van der Waals surface area contributed by atoms with Crippen LogP contribution in [0.3, 0.4) is 0 Å². The molecular formula is C23H20N6O2S.